The zero-order valence-electron chi connectivity index (χ0n) is 11.9. The number of ether oxygens (including phenoxy) is 2. The van der Waals surface area contributed by atoms with Crippen LogP contribution in [-0.4, -0.2) is 41.3 Å². The summed E-state index contributed by atoms with van der Waals surface area (Å²) in [6.07, 6.45) is 0.839. The van der Waals surface area contributed by atoms with Gasteiger partial charge in [-0.1, -0.05) is 0 Å². The summed E-state index contributed by atoms with van der Waals surface area (Å²) in [6.45, 7) is 9.56. The first-order chi connectivity index (χ1) is 8.20. The lowest BCUT2D eigenvalue weighted by atomic mass is 10.2. The Morgan fingerprint density at radius 1 is 1.28 bits per heavy atom. The summed E-state index contributed by atoms with van der Waals surface area (Å²) in [5.41, 5.74) is -0.549. The molecule has 1 rings (SSSR count). The quantitative estimate of drug-likeness (QED) is 0.712. The van der Waals surface area contributed by atoms with E-state index in [1.54, 1.807) is 13.8 Å². The molecule has 1 heterocycles. The first-order valence-electron chi connectivity index (χ1n) is 6.41. The van der Waals surface area contributed by atoms with Crippen LogP contribution in [0.5, 0.6) is 0 Å². The van der Waals surface area contributed by atoms with Crippen molar-refractivity contribution in [1.29, 1.82) is 0 Å². The summed E-state index contributed by atoms with van der Waals surface area (Å²) in [5.74, 6) is -0.339. The smallest absolute Gasteiger partial charge is 0.411 e. The van der Waals surface area contributed by atoms with Gasteiger partial charge in [-0.15, -0.1) is 0 Å². The number of hydrogen-bond donors (Lipinski definition) is 0. The van der Waals surface area contributed by atoms with Gasteiger partial charge < -0.3 is 9.47 Å². The first kappa shape index (κ1) is 14.8. The Labute approximate surface area is 108 Å². The van der Waals surface area contributed by atoms with E-state index in [0.717, 1.165) is 6.42 Å². The number of nitrogens with zero attached hydrogens (tertiary/aromatic N) is 1. The molecule has 0 spiro atoms. The minimum atomic E-state index is -0.549. The van der Waals surface area contributed by atoms with Gasteiger partial charge in [0.1, 0.15) is 11.6 Å². The van der Waals surface area contributed by atoms with Crippen LogP contribution in [0.2, 0.25) is 0 Å². The molecule has 0 radical (unpaired) electrons. The average Bonchev–Trinajstić information content (AvgIpc) is 2.61. The highest BCUT2D eigenvalue weighted by molar-refractivity contribution is 5.82. The summed E-state index contributed by atoms with van der Waals surface area (Å²) in [5, 5.41) is 0. The van der Waals surface area contributed by atoms with Crippen molar-refractivity contribution in [2.75, 3.05) is 6.54 Å². The largest absolute Gasteiger partial charge is 0.461 e. The molecule has 0 aromatic heterocycles. The van der Waals surface area contributed by atoms with Gasteiger partial charge in [-0.25, -0.2) is 9.59 Å². The number of rotatable bonds is 2. The highest BCUT2D eigenvalue weighted by atomic mass is 16.6. The molecular formula is C13H23NO4. The minimum Gasteiger partial charge on any atom is -0.461 e. The van der Waals surface area contributed by atoms with Gasteiger partial charge in [0.2, 0.25) is 0 Å². The molecule has 0 aromatic carbocycles. The van der Waals surface area contributed by atoms with Crippen LogP contribution >= 0.6 is 0 Å². The van der Waals surface area contributed by atoms with Crippen LogP contribution in [0.1, 0.15) is 47.5 Å². The molecule has 1 unspecified atom stereocenters. The van der Waals surface area contributed by atoms with Crippen molar-refractivity contribution >= 4 is 12.1 Å². The number of esters is 1. The maximum atomic E-state index is 12.0. The second-order valence-electron chi connectivity index (χ2n) is 5.82. The van der Waals surface area contributed by atoms with E-state index in [2.05, 4.69) is 0 Å². The van der Waals surface area contributed by atoms with Crippen LogP contribution in [0.25, 0.3) is 0 Å². The summed E-state index contributed by atoms with van der Waals surface area (Å²) in [4.78, 5) is 25.3. The van der Waals surface area contributed by atoms with Gasteiger partial charge in [-0.2, -0.15) is 0 Å². The average molecular weight is 257 g/mol. The molecule has 5 nitrogen and oxygen atoms in total. The Bertz CT molecular complexity index is 319. The SMILES string of the molecule is CC(C)OC(=O)C1CCCN1C(=O)OC(C)(C)C. The monoisotopic (exact) mass is 257 g/mol. The van der Waals surface area contributed by atoms with Crippen molar-refractivity contribution in [2.24, 2.45) is 0 Å². The number of carbonyl (C=O) groups excluding carboxylic acids is 2. The standard InChI is InChI=1S/C13H23NO4/c1-9(2)17-11(15)10-7-6-8-14(10)12(16)18-13(3,4)5/h9-10H,6-8H2,1-5H3. The molecule has 0 aliphatic carbocycles. The van der Waals surface area contributed by atoms with E-state index in [1.165, 1.54) is 4.90 Å². The molecule has 1 aliphatic heterocycles. The predicted molar refractivity (Wildman–Crippen MR) is 67.2 cm³/mol. The highest BCUT2D eigenvalue weighted by Crippen LogP contribution is 2.22. The molecule has 1 aliphatic rings. The van der Waals surface area contributed by atoms with E-state index in [1.807, 2.05) is 20.8 Å². The van der Waals surface area contributed by atoms with Crippen molar-refractivity contribution < 1.29 is 19.1 Å². The van der Waals surface area contributed by atoms with E-state index >= 15 is 0 Å². The zero-order valence-corrected chi connectivity index (χ0v) is 11.9. The Morgan fingerprint density at radius 3 is 2.39 bits per heavy atom. The fraction of sp³-hybridized carbons (Fsp3) is 0.846. The van der Waals surface area contributed by atoms with Crippen LogP contribution in [0, 0.1) is 0 Å². The first-order valence-corrected chi connectivity index (χ1v) is 6.41. The molecule has 0 N–H and O–H groups in total. The molecule has 0 aromatic rings. The van der Waals surface area contributed by atoms with E-state index in [-0.39, 0.29) is 12.1 Å². The number of carbonyl (C=O) groups is 2. The Balaban J connectivity index is 2.64. The topological polar surface area (TPSA) is 55.8 Å². The van der Waals surface area contributed by atoms with Gasteiger partial charge in [0.15, 0.2) is 0 Å². The van der Waals surface area contributed by atoms with E-state index < -0.39 is 17.7 Å². The van der Waals surface area contributed by atoms with Gasteiger partial charge in [-0.3, -0.25) is 4.90 Å². The highest BCUT2D eigenvalue weighted by Gasteiger charge is 2.37. The minimum absolute atomic E-state index is 0.168. The van der Waals surface area contributed by atoms with Crippen LogP contribution < -0.4 is 0 Å². The molecule has 18 heavy (non-hydrogen) atoms. The number of amides is 1. The van der Waals surface area contributed by atoms with E-state index in [0.29, 0.717) is 13.0 Å². The molecule has 1 fully saturated rings. The number of hydrogen-bond acceptors (Lipinski definition) is 4. The maximum Gasteiger partial charge on any atom is 0.411 e. The van der Waals surface area contributed by atoms with Gasteiger partial charge in [0.25, 0.3) is 0 Å². The van der Waals surface area contributed by atoms with Crippen LogP contribution in [0.15, 0.2) is 0 Å². The van der Waals surface area contributed by atoms with Crippen LogP contribution in [0.3, 0.4) is 0 Å². The Morgan fingerprint density at radius 2 is 1.89 bits per heavy atom. The van der Waals surface area contributed by atoms with Crippen molar-refractivity contribution in [3.05, 3.63) is 0 Å². The van der Waals surface area contributed by atoms with Crippen LogP contribution in [-0.2, 0) is 14.3 Å². The lowest BCUT2D eigenvalue weighted by molar-refractivity contribution is -0.152. The van der Waals surface area contributed by atoms with E-state index in [9.17, 15) is 9.59 Å². The van der Waals surface area contributed by atoms with Crippen molar-refractivity contribution in [2.45, 2.75) is 65.2 Å². The van der Waals surface area contributed by atoms with Crippen LogP contribution in [0.4, 0.5) is 4.79 Å². The Kier molecular flexibility index (Phi) is 4.59. The fourth-order valence-corrected chi connectivity index (χ4v) is 1.86. The molecular weight excluding hydrogens is 234 g/mol. The predicted octanol–water partition coefficient (Wildman–Crippen LogP) is 2.34. The lowest BCUT2D eigenvalue weighted by Gasteiger charge is -2.27. The third-order valence-corrected chi connectivity index (χ3v) is 2.50. The summed E-state index contributed by atoms with van der Waals surface area (Å²) in [6, 6.07) is -0.498. The molecule has 5 heteroatoms. The molecule has 0 bridgehead atoms. The summed E-state index contributed by atoms with van der Waals surface area (Å²) >= 11 is 0. The Hall–Kier alpha value is -1.26. The third kappa shape index (κ3) is 4.20. The third-order valence-electron chi connectivity index (χ3n) is 2.50. The van der Waals surface area contributed by atoms with Gasteiger partial charge >= 0.3 is 12.1 Å². The molecule has 0 saturated carbocycles. The van der Waals surface area contributed by atoms with Crippen molar-refractivity contribution in [3.8, 4) is 0 Å². The normalized spacial score (nSPS) is 20.1. The summed E-state index contributed by atoms with van der Waals surface area (Å²) < 4.78 is 10.4. The van der Waals surface area contributed by atoms with E-state index in [4.69, 9.17) is 9.47 Å². The van der Waals surface area contributed by atoms with Gasteiger partial charge in [0.05, 0.1) is 6.10 Å². The second kappa shape index (κ2) is 5.59. The molecule has 104 valence electrons. The number of likely N-dealkylation sites (tertiary alicyclic amines) is 1. The maximum absolute atomic E-state index is 12.0. The second-order valence-corrected chi connectivity index (χ2v) is 5.82. The molecule has 1 amide bonds. The lowest BCUT2D eigenvalue weighted by Crippen LogP contribution is -2.44. The zero-order chi connectivity index (χ0) is 13.9. The molecule has 1 atom stereocenters. The van der Waals surface area contributed by atoms with Crippen molar-refractivity contribution in [3.63, 3.8) is 0 Å². The summed E-state index contributed by atoms with van der Waals surface area (Å²) in [7, 11) is 0. The van der Waals surface area contributed by atoms with Crippen molar-refractivity contribution in [1.82, 2.24) is 4.90 Å². The molecule has 1 saturated heterocycles. The fourth-order valence-electron chi connectivity index (χ4n) is 1.86. The van der Waals surface area contributed by atoms with Gasteiger partial charge in [0, 0.05) is 6.54 Å². The van der Waals surface area contributed by atoms with Gasteiger partial charge in [-0.05, 0) is 47.5 Å².